The van der Waals surface area contributed by atoms with Crippen LogP contribution in [0.15, 0.2) is 30.6 Å². The zero-order valence-corrected chi connectivity index (χ0v) is 16.5. The highest BCUT2D eigenvalue weighted by Gasteiger charge is 2.43. The van der Waals surface area contributed by atoms with Crippen LogP contribution in [0, 0.1) is 0 Å². The number of aromatic amines is 1. The number of fused-ring (bicyclic) bond motifs is 1. The third kappa shape index (κ3) is 3.20. The van der Waals surface area contributed by atoms with Crippen LogP contribution in [0.25, 0.3) is 22.3 Å². The van der Waals surface area contributed by atoms with Crippen LogP contribution in [0.3, 0.4) is 0 Å². The van der Waals surface area contributed by atoms with Gasteiger partial charge in [-0.25, -0.2) is 9.97 Å². The standard InChI is InChI=1S/C21H26N6O/c1-3-21(6-7-21)28-15-4-5-17-16(12-15)20(25-24-17)18-13-19(23-14-22-18)27-10-8-26(2)9-11-27/h4-5,12-14H,3,6-11H2,1-2H3,(H,24,25). The number of nitrogens with one attached hydrogen (secondary N) is 1. The Morgan fingerprint density at radius 1 is 1.11 bits per heavy atom. The van der Waals surface area contributed by atoms with Crippen molar-refractivity contribution in [3.63, 3.8) is 0 Å². The van der Waals surface area contributed by atoms with E-state index in [1.54, 1.807) is 6.33 Å². The number of likely N-dealkylation sites (N-methyl/N-ethyl adjacent to an activating group) is 1. The van der Waals surface area contributed by atoms with Crippen molar-refractivity contribution >= 4 is 16.7 Å². The number of rotatable bonds is 5. The van der Waals surface area contributed by atoms with Gasteiger partial charge in [0.15, 0.2) is 0 Å². The summed E-state index contributed by atoms with van der Waals surface area (Å²) in [6, 6.07) is 8.19. The molecular formula is C21H26N6O. The molecule has 7 heteroatoms. The largest absolute Gasteiger partial charge is 0.487 e. The molecule has 1 aliphatic heterocycles. The summed E-state index contributed by atoms with van der Waals surface area (Å²) in [5.41, 5.74) is 2.72. The second kappa shape index (κ2) is 6.74. The zero-order valence-electron chi connectivity index (χ0n) is 16.5. The van der Waals surface area contributed by atoms with Crippen molar-refractivity contribution in [1.82, 2.24) is 25.1 Å². The number of H-pyrrole nitrogens is 1. The summed E-state index contributed by atoms with van der Waals surface area (Å²) < 4.78 is 6.27. The van der Waals surface area contributed by atoms with Gasteiger partial charge in [-0.3, -0.25) is 5.10 Å². The second-order valence-electron chi connectivity index (χ2n) is 7.97. The molecular weight excluding hydrogens is 352 g/mol. The van der Waals surface area contributed by atoms with Gasteiger partial charge >= 0.3 is 0 Å². The molecule has 146 valence electrons. The molecule has 0 unspecified atom stereocenters. The molecule has 1 N–H and O–H groups in total. The van der Waals surface area contributed by atoms with E-state index in [9.17, 15) is 0 Å². The summed E-state index contributed by atoms with van der Waals surface area (Å²) in [6.45, 7) is 6.24. The van der Waals surface area contributed by atoms with Crippen LogP contribution in [0.4, 0.5) is 5.82 Å². The quantitative estimate of drug-likeness (QED) is 0.736. The average molecular weight is 378 g/mol. The first-order valence-electron chi connectivity index (χ1n) is 10.1. The van der Waals surface area contributed by atoms with Gasteiger partial charge in [-0.2, -0.15) is 5.10 Å². The Kier molecular flexibility index (Phi) is 4.19. The molecule has 3 aromatic rings. The van der Waals surface area contributed by atoms with Crippen LogP contribution >= 0.6 is 0 Å². The van der Waals surface area contributed by atoms with Gasteiger partial charge in [0.25, 0.3) is 0 Å². The van der Waals surface area contributed by atoms with Crippen molar-refractivity contribution < 1.29 is 4.74 Å². The Morgan fingerprint density at radius 3 is 2.68 bits per heavy atom. The highest BCUT2D eigenvalue weighted by atomic mass is 16.5. The minimum atomic E-state index is 0.0427. The maximum absolute atomic E-state index is 6.27. The molecule has 1 aromatic carbocycles. The number of hydrogen-bond donors (Lipinski definition) is 1. The smallest absolute Gasteiger partial charge is 0.132 e. The Balaban J connectivity index is 1.46. The summed E-state index contributed by atoms with van der Waals surface area (Å²) >= 11 is 0. The average Bonchev–Trinajstić information content (AvgIpc) is 3.37. The van der Waals surface area contributed by atoms with Gasteiger partial charge < -0.3 is 14.5 Å². The molecule has 3 heterocycles. The maximum Gasteiger partial charge on any atom is 0.132 e. The van der Waals surface area contributed by atoms with E-state index in [1.165, 1.54) is 0 Å². The normalized spacial score (nSPS) is 19.1. The third-order valence-electron chi connectivity index (χ3n) is 6.04. The van der Waals surface area contributed by atoms with E-state index in [0.29, 0.717) is 0 Å². The number of aromatic nitrogens is 4. The molecule has 1 aliphatic carbocycles. The Morgan fingerprint density at radius 2 is 1.93 bits per heavy atom. The SMILES string of the molecule is CCC1(Oc2ccc3[nH]nc(-c4cc(N5CCN(C)CC5)ncn4)c3c2)CC1. The Labute approximate surface area is 164 Å². The number of hydrogen-bond acceptors (Lipinski definition) is 6. The molecule has 0 atom stereocenters. The van der Waals surface area contributed by atoms with Gasteiger partial charge in [-0.15, -0.1) is 0 Å². The van der Waals surface area contributed by atoms with Gasteiger partial charge in [0.1, 0.15) is 29.2 Å². The van der Waals surface area contributed by atoms with Gasteiger partial charge in [0.05, 0.1) is 11.2 Å². The molecule has 2 fully saturated rings. The lowest BCUT2D eigenvalue weighted by atomic mass is 10.1. The second-order valence-corrected chi connectivity index (χ2v) is 7.97. The van der Waals surface area contributed by atoms with E-state index in [1.807, 2.05) is 18.2 Å². The van der Waals surface area contributed by atoms with Gasteiger partial charge in [0, 0.05) is 37.6 Å². The minimum Gasteiger partial charge on any atom is -0.487 e. The molecule has 2 aliphatic rings. The molecule has 1 saturated heterocycles. The predicted molar refractivity (Wildman–Crippen MR) is 110 cm³/mol. The predicted octanol–water partition coefficient (Wildman–Crippen LogP) is 3.09. The van der Waals surface area contributed by atoms with E-state index >= 15 is 0 Å². The highest BCUT2D eigenvalue weighted by molar-refractivity contribution is 5.93. The first kappa shape index (κ1) is 17.4. The first-order valence-corrected chi connectivity index (χ1v) is 10.1. The number of piperazine rings is 1. The van der Waals surface area contributed by atoms with Crippen molar-refractivity contribution in [2.45, 2.75) is 31.8 Å². The molecule has 1 saturated carbocycles. The number of benzene rings is 1. The van der Waals surface area contributed by atoms with E-state index in [-0.39, 0.29) is 5.60 Å². The van der Waals surface area contributed by atoms with Crippen LogP contribution in [0.2, 0.25) is 0 Å². The molecule has 0 spiro atoms. The Hall–Kier alpha value is -2.67. The summed E-state index contributed by atoms with van der Waals surface area (Å²) in [6.07, 6.45) is 4.96. The number of nitrogens with zero attached hydrogens (tertiary/aromatic N) is 5. The van der Waals surface area contributed by atoms with Gasteiger partial charge in [-0.1, -0.05) is 6.92 Å². The fourth-order valence-corrected chi connectivity index (χ4v) is 3.85. The van der Waals surface area contributed by atoms with Gasteiger partial charge in [0.2, 0.25) is 0 Å². The lowest BCUT2D eigenvalue weighted by Gasteiger charge is -2.33. The topological polar surface area (TPSA) is 70.2 Å². The summed E-state index contributed by atoms with van der Waals surface area (Å²) in [7, 11) is 2.16. The Bertz CT molecular complexity index is 987. The van der Waals surface area contributed by atoms with Crippen molar-refractivity contribution in [2.75, 3.05) is 38.1 Å². The lowest BCUT2D eigenvalue weighted by Crippen LogP contribution is -2.44. The molecule has 28 heavy (non-hydrogen) atoms. The molecule has 2 aromatic heterocycles. The van der Waals surface area contributed by atoms with Crippen LogP contribution in [-0.4, -0.2) is 63.9 Å². The monoisotopic (exact) mass is 378 g/mol. The molecule has 0 radical (unpaired) electrons. The highest BCUT2D eigenvalue weighted by Crippen LogP contribution is 2.43. The fourth-order valence-electron chi connectivity index (χ4n) is 3.85. The first-order chi connectivity index (χ1) is 13.7. The van der Waals surface area contributed by atoms with E-state index < -0.39 is 0 Å². The zero-order chi connectivity index (χ0) is 19.1. The number of ether oxygens (including phenoxy) is 1. The molecule has 5 rings (SSSR count). The summed E-state index contributed by atoms with van der Waals surface area (Å²) in [4.78, 5) is 13.6. The molecule has 0 bridgehead atoms. The molecule has 7 nitrogen and oxygen atoms in total. The number of anilines is 1. The lowest BCUT2D eigenvalue weighted by molar-refractivity contribution is 0.175. The van der Waals surface area contributed by atoms with Crippen molar-refractivity contribution in [3.05, 3.63) is 30.6 Å². The van der Waals surface area contributed by atoms with Crippen molar-refractivity contribution in [2.24, 2.45) is 0 Å². The van der Waals surface area contributed by atoms with E-state index in [4.69, 9.17) is 4.74 Å². The van der Waals surface area contributed by atoms with Crippen LogP contribution < -0.4 is 9.64 Å². The van der Waals surface area contributed by atoms with Crippen molar-refractivity contribution in [3.8, 4) is 17.1 Å². The fraction of sp³-hybridized carbons (Fsp3) is 0.476. The molecule has 0 amide bonds. The maximum atomic E-state index is 6.27. The third-order valence-corrected chi connectivity index (χ3v) is 6.04. The van der Waals surface area contributed by atoms with Gasteiger partial charge in [-0.05, 0) is 44.5 Å². The minimum absolute atomic E-state index is 0.0427. The summed E-state index contributed by atoms with van der Waals surface area (Å²) in [5, 5.41) is 8.70. The summed E-state index contributed by atoms with van der Waals surface area (Å²) in [5.74, 6) is 1.87. The van der Waals surface area contributed by atoms with Crippen LogP contribution in [-0.2, 0) is 0 Å². The van der Waals surface area contributed by atoms with E-state index in [0.717, 1.165) is 79.3 Å². The van der Waals surface area contributed by atoms with Crippen molar-refractivity contribution in [1.29, 1.82) is 0 Å². The van der Waals surface area contributed by atoms with Crippen LogP contribution in [0.1, 0.15) is 26.2 Å². The van der Waals surface area contributed by atoms with Crippen LogP contribution in [0.5, 0.6) is 5.75 Å². The van der Waals surface area contributed by atoms with E-state index in [2.05, 4.69) is 50.0 Å².